The summed E-state index contributed by atoms with van der Waals surface area (Å²) < 4.78 is 7.91. The minimum atomic E-state index is 0.0883. The maximum absolute atomic E-state index is 5.84. The minimum absolute atomic E-state index is 0.0883. The zero-order valence-electron chi connectivity index (χ0n) is 14.2. The molecule has 2 aliphatic rings. The zero-order valence-corrected chi connectivity index (χ0v) is 14.2. The van der Waals surface area contributed by atoms with Crippen LogP contribution in [0.2, 0.25) is 0 Å². The lowest BCUT2D eigenvalue weighted by molar-refractivity contribution is -0.0778. The Morgan fingerprint density at radius 1 is 1.18 bits per heavy atom. The van der Waals surface area contributed by atoms with E-state index in [1.807, 2.05) is 12.3 Å². The molecule has 124 valence electrons. The Morgan fingerprint density at radius 2 is 2.00 bits per heavy atom. The fourth-order valence-electron chi connectivity index (χ4n) is 4.08. The van der Waals surface area contributed by atoms with E-state index in [2.05, 4.69) is 34.7 Å². The number of likely N-dealkylation sites (tertiary alicyclic amines) is 1. The number of piperidine rings is 1. The minimum Gasteiger partial charge on any atom is -0.376 e. The molecule has 3 heterocycles. The van der Waals surface area contributed by atoms with Gasteiger partial charge >= 0.3 is 0 Å². The molecule has 2 aliphatic heterocycles. The first-order chi connectivity index (χ1) is 10.6. The lowest BCUT2D eigenvalue weighted by Crippen LogP contribution is -2.42. The van der Waals surface area contributed by atoms with Gasteiger partial charge in [0, 0.05) is 32.1 Å². The van der Waals surface area contributed by atoms with E-state index in [1.54, 1.807) is 0 Å². The second kappa shape index (κ2) is 7.14. The van der Waals surface area contributed by atoms with Crippen LogP contribution in [0.1, 0.15) is 46.0 Å². The first kappa shape index (κ1) is 16.0. The summed E-state index contributed by atoms with van der Waals surface area (Å²) in [5.74, 6) is 1.70. The fraction of sp³-hybridized carbons (Fsp3) is 0.833. The molecule has 22 heavy (non-hydrogen) atoms. The molecular formula is C18H31N3O. The van der Waals surface area contributed by atoms with Crippen molar-refractivity contribution in [1.29, 1.82) is 0 Å². The molecule has 0 bridgehead atoms. The number of aromatic nitrogens is 2. The van der Waals surface area contributed by atoms with E-state index < -0.39 is 0 Å². The number of nitrogens with zero attached hydrogens (tertiary/aromatic N) is 3. The summed E-state index contributed by atoms with van der Waals surface area (Å²) in [4.78, 5) is 2.69. The van der Waals surface area contributed by atoms with E-state index in [9.17, 15) is 0 Å². The summed E-state index contributed by atoms with van der Waals surface area (Å²) >= 11 is 0. The molecule has 0 amide bonds. The quantitative estimate of drug-likeness (QED) is 0.837. The molecule has 1 atom stereocenters. The third kappa shape index (κ3) is 4.56. The lowest BCUT2D eigenvalue weighted by atomic mass is 9.87. The van der Waals surface area contributed by atoms with E-state index in [0.717, 1.165) is 25.0 Å². The summed E-state index contributed by atoms with van der Waals surface area (Å²) in [5, 5.41) is 4.30. The number of aryl methyl sites for hydroxylation is 1. The second-order valence-electron chi connectivity index (χ2n) is 7.77. The molecule has 1 aromatic rings. The van der Waals surface area contributed by atoms with Crippen LogP contribution in [0.4, 0.5) is 0 Å². The molecule has 0 unspecified atom stereocenters. The predicted octanol–water partition coefficient (Wildman–Crippen LogP) is 3.19. The van der Waals surface area contributed by atoms with E-state index >= 15 is 0 Å². The van der Waals surface area contributed by atoms with Crippen LogP contribution in [0.15, 0.2) is 18.5 Å². The molecule has 0 radical (unpaired) electrons. The SMILES string of the molecule is CC1(C)C[C@H](CN2CCC(CCn3cccn3)CC2)CCO1. The third-order valence-corrected chi connectivity index (χ3v) is 5.35. The maximum atomic E-state index is 5.84. The Hall–Kier alpha value is -0.870. The summed E-state index contributed by atoms with van der Waals surface area (Å²) in [6.45, 7) is 10.3. The number of rotatable bonds is 5. The normalized spacial score (nSPS) is 27.1. The van der Waals surface area contributed by atoms with Gasteiger partial charge in [0.15, 0.2) is 0 Å². The van der Waals surface area contributed by atoms with Crippen molar-refractivity contribution in [3.8, 4) is 0 Å². The number of hydrogen-bond acceptors (Lipinski definition) is 3. The van der Waals surface area contributed by atoms with Gasteiger partial charge in [-0.1, -0.05) is 0 Å². The van der Waals surface area contributed by atoms with Gasteiger partial charge in [-0.3, -0.25) is 4.68 Å². The van der Waals surface area contributed by atoms with Crippen LogP contribution < -0.4 is 0 Å². The van der Waals surface area contributed by atoms with Crippen LogP contribution in [-0.4, -0.2) is 46.5 Å². The average Bonchev–Trinajstić information content (AvgIpc) is 2.99. The van der Waals surface area contributed by atoms with E-state index in [0.29, 0.717) is 0 Å². The molecule has 0 N–H and O–H groups in total. The molecule has 0 spiro atoms. The topological polar surface area (TPSA) is 30.3 Å². The first-order valence-corrected chi connectivity index (χ1v) is 8.94. The summed E-state index contributed by atoms with van der Waals surface area (Å²) in [7, 11) is 0. The largest absolute Gasteiger partial charge is 0.376 e. The number of ether oxygens (including phenoxy) is 1. The first-order valence-electron chi connectivity index (χ1n) is 8.94. The van der Waals surface area contributed by atoms with Gasteiger partial charge in [0.1, 0.15) is 0 Å². The van der Waals surface area contributed by atoms with Gasteiger partial charge in [-0.25, -0.2) is 0 Å². The summed E-state index contributed by atoms with van der Waals surface area (Å²) in [6, 6.07) is 2.01. The van der Waals surface area contributed by atoms with Gasteiger partial charge in [0.2, 0.25) is 0 Å². The molecule has 3 rings (SSSR count). The Bertz CT molecular complexity index is 435. The monoisotopic (exact) mass is 305 g/mol. The van der Waals surface area contributed by atoms with Crippen LogP contribution in [0, 0.1) is 11.8 Å². The number of hydrogen-bond donors (Lipinski definition) is 0. The van der Waals surface area contributed by atoms with Crippen molar-refractivity contribution in [1.82, 2.24) is 14.7 Å². The summed E-state index contributed by atoms with van der Waals surface area (Å²) in [6.07, 6.45) is 10.4. The van der Waals surface area contributed by atoms with Crippen molar-refractivity contribution in [3.05, 3.63) is 18.5 Å². The molecule has 1 aromatic heterocycles. The van der Waals surface area contributed by atoms with Gasteiger partial charge in [0.25, 0.3) is 0 Å². The zero-order chi connectivity index (χ0) is 15.4. The van der Waals surface area contributed by atoms with Crippen LogP contribution in [0.5, 0.6) is 0 Å². The molecular weight excluding hydrogens is 274 g/mol. The molecule has 4 heteroatoms. The standard InChI is InChI=1S/C18H31N3O/c1-18(2)14-17(7-13-22-18)15-20-10-4-16(5-11-20)6-12-21-9-3-8-19-21/h3,8-9,16-17H,4-7,10-15H2,1-2H3/t17-/m1/s1. The lowest BCUT2D eigenvalue weighted by Gasteiger charge is -2.39. The van der Waals surface area contributed by atoms with Gasteiger partial charge in [0.05, 0.1) is 5.60 Å². The Labute approximate surface area is 134 Å². The predicted molar refractivity (Wildman–Crippen MR) is 88.8 cm³/mol. The van der Waals surface area contributed by atoms with Gasteiger partial charge in [-0.2, -0.15) is 5.10 Å². The van der Waals surface area contributed by atoms with Crippen LogP contribution >= 0.6 is 0 Å². The van der Waals surface area contributed by atoms with Crippen molar-refractivity contribution in [2.75, 3.05) is 26.2 Å². The second-order valence-corrected chi connectivity index (χ2v) is 7.77. The van der Waals surface area contributed by atoms with Crippen molar-refractivity contribution in [3.63, 3.8) is 0 Å². The van der Waals surface area contributed by atoms with E-state index in [1.165, 1.54) is 51.7 Å². The molecule has 0 aromatic carbocycles. The van der Waals surface area contributed by atoms with Gasteiger partial charge < -0.3 is 9.64 Å². The van der Waals surface area contributed by atoms with Crippen molar-refractivity contribution < 1.29 is 4.74 Å². The van der Waals surface area contributed by atoms with Gasteiger partial charge in [-0.05, 0) is 76.9 Å². The fourth-order valence-corrected chi connectivity index (χ4v) is 4.08. The average molecular weight is 305 g/mol. The molecule has 4 nitrogen and oxygen atoms in total. The molecule has 0 aliphatic carbocycles. The highest BCUT2D eigenvalue weighted by Crippen LogP contribution is 2.30. The Kier molecular flexibility index (Phi) is 5.19. The third-order valence-electron chi connectivity index (χ3n) is 5.35. The highest BCUT2D eigenvalue weighted by atomic mass is 16.5. The van der Waals surface area contributed by atoms with Crippen molar-refractivity contribution >= 4 is 0 Å². The highest BCUT2D eigenvalue weighted by molar-refractivity contribution is 4.83. The van der Waals surface area contributed by atoms with Crippen LogP contribution in [0.3, 0.4) is 0 Å². The smallest absolute Gasteiger partial charge is 0.0629 e. The highest BCUT2D eigenvalue weighted by Gasteiger charge is 2.30. The molecule has 2 saturated heterocycles. The Balaban J connectivity index is 1.36. The van der Waals surface area contributed by atoms with Crippen LogP contribution in [-0.2, 0) is 11.3 Å². The Morgan fingerprint density at radius 3 is 2.68 bits per heavy atom. The maximum Gasteiger partial charge on any atom is 0.0629 e. The van der Waals surface area contributed by atoms with Gasteiger partial charge in [-0.15, -0.1) is 0 Å². The van der Waals surface area contributed by atoms with Crippen molar-refractivity contribution in [2.45, 2.75) is 58.1 Å². The van der Waals surface area contributed by atoms with Crippen LogP contribution in [0.25, 0.3) is 0 Å². The molecule has 2 fully saturated rings. The van der Waals surface area contributed by atoms with Crippen molar-refractivity contribution in [2.24, 2.45) is 11.8 Å². The summed E-state index contributed by atoms with van der Waals surface area (Å²) in [5.41, 5.74) is 0.0883. The molecule has 0 saturated carbocycles. The van der Waals surface area contributed by atoms with E-state index in [-0.39, 0.29) is 5.60 Å². The van der Waals surface area contributed by atoms with E-state index in [4.69, 9.17) is 4.74 Å².